The van der Waals surface area contributed by atoms with Crippen LogP contribution >= 0.6 is 0 Å². The zero-order valence-corrected chi connectivity index (χ0v) is 12.0. The van der Waals surface area contributed by atoms with Gasteiger partial charge in [-0.1, -0.05) is 26.7 Å². The topological polar surface area (TPSA) is 6.48 Å². The molecule has 17 heavy (non-hydrogen) atoms. The van der Waals surface area contributed by atoms with E-state index < -0.39 is 0 Å². The van der Waals surface area contributed by atoms with Crippen LogP contribution in [0.5, 0.6) is 0 Å². The van der Waals surface area contributed by atoms with Gasteiger partial charge < -0.3 is 9.80 Å². The quantitative estimate of drug-likeness (QED) is 0.570. The molecule has 1 fully saturated rings. The minimum atomic E-state index is 1.21. The molecule has 0 aliphatic carbocycles. The first-order chi connectivity index (χ1) is 8.36. The second-order valence-electron chi connectivity index (χ2n) is 5.15. The second-order valence-corrected chi connectivity index (χ2v) is 5.15. The van der Waals surface area contributed by atoms with Crippen LogP contribution in [0.2, 0.25) is 0 Å². The fourth-order valence-corrected chi connectivity index (χ4v) is 2.59. The SMILES string of the molecule is CCN(CC)CCCCCCN1CC[CH]CC1. The summed E-state index contributed by atoms with van der Waals surface area (Å²) in [6.45, 7) is 12.2. The average molecular weight is 239 g/mol. The molecule has 0 aromatic carbocycles. The Kier molecular flexibility index (Phi) is 8.72. The minimum absolute atomic E-state index is 1.21. The predicted molar refractivity (Wildman–Crippen MR) is 76.2 cm³/mol. The first-order valence-corrected chi connectivity index (χ1v) is 7.63. The number of hydrogen-bond acceptors (Lipinski definition) is 2. The van der Waals surface area contributed by atoms with Gasteiger partial charge in [-0.3, -0.25) is 0 Å². The zero-order chi connectivity index (χ0) is 12.3. The smallest absolute Gasteiger partial charge is 0.00160 e. The van der Waals surface area contributed by atoms with E-state index in [2.05, 4.69) is 30.1 Å². The Balaban J connectivity index is 1.86. The second kappa shape index (κ2) is 9.90. The van der Waals surface area contributed by atoms with Crippen molar-refractivity contribution in [3.05, 3.63) is 6.42 Å². The van der Waals surface area contributed by atoms with Crippen LogP contribution in [-0.4, -0.2) is 49.1 Å². The van der Waals surface area contributed by atoms with Crippen molar-refractivity contribution in [3.8, 4) is 0 Å². The third-order valence-electron chi connectivity index (χ3n) is 3.89. The summed E-state index contributed by atoms with van der Waals surface area (Å²) in [4.78, 5) is 5.16. The molecular formula is C15H31N2. The molecule has 0 bridgehead atoms. The van der Waals surface area contributed by atoms with Gasteiger partial charge in [0.15, 0.2) is 0 Å². The fourth-order valence-electron chi connectivity index (χ4n) is 2.59. The molecule has 2 heteroatoms. The van der Waals surface area contributed by atoms with Crippen LogP contribution in [0.1, 0.15) is 52.4 Å². The van der Waals surface area contributed by atoms with Crippen molar-refractivity contribution in [1.29, 1.82) is 0 Å². The lowest BCUT2D eigenvalue weighted by Crippen LogP contribution is -2.30. The maximum absolute atomic E-state index is 2.63. The van der Waals surface area contributed by atoms with E-state index in [0.29, 0.717) is 0 Å². The van der Waals surface area contributed by atoms with Crippen molar-refractivity contribution in [2.24, 2.45) is 0 Å². The number of hydrogen-bond donors (Lipinski definition) is 0. The molecule has 0 spiro atoms. The number of nitrogens with zero attached hydrogens (tertiary/aromatic N) is 2. The van der Waals surface area contributed by atoms with Gasteiger partial charge in [0, 0.05) is 0 Å². The number of unbranched alkanes of at least 4 members (excludes halogenated alkanes) is 3. The summed E-state index contributed by atoms with van der Waals surface area (Å²) in [5.74, 6) is 0. The first-order valence-electron chi connectivity index (χ1n) is 7.63. The molecule has 1 heterocycles. The van der Waals surface area contributed by atoms with Gasteiger partial charge in [-0.25, -0.2) is 0 Å². The molecule has 2 nitrogen and oxygen atoms in total. The standard InChI is InChI=1S/C15H31N2/c1-3-16(4-2)12-8-5-6-9-13-17-14-10-7-11-15-17/h7H,3-6,8-15H2,1-2H3. The molecule has 0 aromatic rings. The van der Waals surface area contributed by atoms with E-state index >= 15 is 0 Å². The summed E-state index contributed by atoms with van der Waals surface area (Å²) >= 11 is 0. The van der Waals surface area contributed by atoms with Crippen molar-refractivity contribution in [2.75, 3.05) is 39.3 Å². The van der Waals surface area contributed by atoms with Crippen LogP contribution in [0.3, 0.4) is 0 Å². The van der Waals surface area contributed by atoms with E-state index in [-0.39, 0.29) is 0 Å². The summed E-state index contributed by atoms with van der Waals surface area (Å²) in [6, 6.07) is 0. The number of rotatable bonds is 9. The molecule has 101 valence electrons. The van der Waals surface area contributed by atoms with Gasteiger partial charge in [0.25, 0.3) is 0 Å². The summed E-state index contributed by atoms with van der Waals surface area (Å²) in [5.41, 5.74) is 0. The van der Waals surface area contributed by atoms with Crippen molar-refractivity contribution >= 4 is 0 Å². The first kappa shape index (κ1) is 15.0. The summed E-state index contributed by atoms with van der Waals surface area (Å²) in [5, 5.41) is 0. The molecule has 0 saturated carbocycles. The zero-order valence-electron chi connectivity index (χ0n) is 12.0. The third-order valence-corrected chi connectivity index (χ3v) is 3.89. The predicted octanol–water partition coefficient (Wildman–Crippen LogP) is 3.19. The Hall–Kier alpha value is -0.0800. The highest BCUT2D eigenvalue weighted by Gasteiger charge is 2.08. The molecule has 0 amide bonds. The van der Waals surface area contributed by atoms with Gasteiger partial charge in [0.2, 0.25) is 0 Å². The van der Waals surface area contributed by atoms with Crippen LogP contribution in [0.4, 0.5) is 0 Å². The lowest BCUT2D eigenvalue weighted by molar-refractivity contribution is 0.246. The van der Waals surface area contributed by atoms with Crippen LogP contribution in [0.25, 0.3) is 0 Å². The molecule has 0 N–H and O–H groups in total. The van der Waals surface area contributed by atoms with E-state index in [4.69, 9.17) is 0 Å². The maximum atomic E-state index is 2.63. The Morgan fingerprint density at radius 3 is 2.24 bits per heavy atom. The Morgan fingerprint density at radius 1 is 0.941 bits per heavy atom. The van der Waals surface area contributed by atoms with Crippen LogP contribution < -0.4 is 0 Å². The van der Waals surface area contributed by atoms with E-state index in [9.17, 15) is 0 Å². The van der Waals surface area contributed by atoms with Crippen LogP contribution in [0, 0.1) is 6.42 Å². The monoisotopic (exact) mass is 239 g/mol. The van der Waals surface area contributed by atoms with E-state index in [0.717, 1.165) is 0 Å². The largest absolute Gasteiger partial charge is 0.304 e. The van der Waals surface area contributed by atoms with Gasteiger partial charge >= 0.3 is 0 Å². The Labute approximate surface area is 108 Å². The van der Waals surface area contributed by atoms with Gasteiger partial charge in [0.1, 0.15) is 0 Å². The van der Waals surface area contributed by atoms with Crippen molar-refractivity contribution in [3.63, 3.8) is 0 Å². The van der Waals surface area contributed by atoms with Crippen LogP contribution in [0.15, 0.2) is 0 Å². The Morgan fingerprint density at radius 2 is 1.59 bits per heavy atom. The molecule has 1 aliphatic rings. The van der Waals surface area contributed by atoms with E-state index in [1.54, 1.807) is 0 Å². The molecule has 1 rings (SSSR count). The normalized spacial score (nSPS) is 17.8. The number of likely N-dealkylation sites (tertiary alicyclic amines) is 1. The lowest BCUT2D eigenvalue weighted by atomic mass is 10.1. The molecule has 0 aromatic heterocycles. The molecule has 1 radical (unpaired) electrons. The maximum Gasteiger partial charge on any atom is -0.00160 e. The average Bonchev–Trinajstić information content (AvgIpc) is 2.39. The summed E-state index contributed by atoms with van der Waals surface area (Å²) in [7, 11) is 0. The fraction of sp³-hybridized carbons (Fsp3) is 0.933. The third kappa shape index (κ3) is 7.05. The minimum Gasteiger partial charge on any atom is -0.304 e. The summed E-state index contributed by atoms with van der Waals surface area (Å²) < 4.78 is 0. The van der Waals surface area contributed by atoms with E-state index in [1.807, 2.05) is 0 Å². The highest BCUT2D eigenvalue weighted by molar-refractivity contribution is 4.76. The highest BCUT2D eigenvalue weighted by atomic mass is 15.1. The molecule has 0 atom stereocenters. The van der Waals surface area contributed by atoms with E-state index in [1.165, 1.54) is 77.8 Å². The van der Waals surface area contributed by atoms with Crippen LogP contribution in [-0.2, 0) is 0 Å². The molecule has 0 unspecified atom stereocenters. The van der Waals surface area contributed by atoms with Gasteiger partial charge in [-0.15, -0.1) is 0 Å². The number of piperidine rings is 1. The lowest BCUT2D eigenvalue weighted by Gasteiger charge is -2.26. The summed E-state index contributed by atoms with van der Waals surface area (Å²) in [6.07, 6.45) is 10.7. The van der Waals surface area contributed by atoms with Gasteiger partial charge in [-0.2, -0.15) is 0 Å². The molecular weight excluding hydrogens is 208 g/mol. The van der Waals surface area contributed by atoms with Crippen molar-refractivity contribution in [2.45, 2.75) is 52.4 Å². The Bertz CT molecular complexity index is 160. The molecule has 1 saturated heterocycles. The van der Waals surface area contributed by atoms with Gasteiger partial charge in [-0.05, 0) is 71.4 Å². The highest BCUT2D eigenvalue weighted by Crippen LogP contribution is 2.09. The molecule has 1 aliphatic heterocycles. The van der Waals surface area contributed by atoms with Gasteiger partial charge in [0.05, 0.1) is 0 Å². The van der Waals surface area contributed by atoms with Crippen molar-refractivity contribution in [1.82, 2.24) is 9.80 Å². The van der Waals surface area contributed by atoms with Crippen molar-refractivity contribution < 1.29 is 0 Å².